The quantitative estimate of drug-likeness (QED) is 0.0125. The van der Waals surface area contributed by atoms with Crippen LogP contribution in [0.2, 0.25) is 0 Å². The second-order valence-electron chi connectivity index (χ2n) is 17.0. The molecule has 70 heavy (non-hydrogen) atoms. The molecule has 0 saturated heterocycles. The van der Waals surface area contributed by atoms with Crippen LogP contribution in [0.3, 0.4) is 0 Å². The van der Waals surface area contributed by atoms with Gasteiger partial charge in [0, 0.05) is 45.0 Å². The Balaban J connectivity index is 0.00000361. The monoisotopic (exact) mass is 990 g/mol. The predicted molar refractivity (Wildman–Crippen MR) is 257 cm³/mol. The number of anilines is 1. The largest absolute Gasteiger partial charge is 1.00 e. The van der Waals surface area contributed by atoms with Crippen LogP contribution in [0.25, 0.3) is 53.5 Å². The molecule has 342 valence electrons. The van der Waals surface area contributed by atoms with E-state index in [4.69, 9.17) is 15.0 Å². The van der Waals surface area contributed by atoms with Gasteiger partial charge in [-0.2, -0.15) is 0 Å². The van der Waals surface area contributed by atoms with Gasteiger partial charge in [0.2, 0.25) is 0 Å². The molecule has 0 aromatic heterocycles. The number of para-hydroxylation sites is 1. The Morgan fingerprint density at radius 1 is 0.629 bits per heavy atom. The molecular weight excluding hydrogens is 951 g/mol. The number of fused-ring (bicyclic) bond motifs is 2. The number of amides is 2. The minimum Gasteiger partial charge on any atom is -0.744 e. The van der Waals surface area contributed by atoms with Crippen molar-refractivity contribution < 1.29 is 104 Å². The molecule has 14 nitrogen and oxygen atoms in total. The average Bonchev–Trinajstić information content (AvgIpc) is 3.30. The van der Waals surface area contributed by atoms with Crippen molar-refractivity contribution >= 4 is 80.8 Å². The third kappa shape index (κ3) is 9.65. The maximum absolute atomic E-state index is 15.4. The molecule has 0 fully saturated rings. The van der Waals surface area contributed by atoms with Crippen LogP contribution in [0, 0.1) is 11.8 Å². The van der Waals surface area contributed by atoms with Crippen molar-refractivity contribution in [1.29, 1.82) is 0 Å². The summed E-state index contributed by atoms with van der Waals surface area (Å²) >= 11 is 0. The van der Waals surface area contributed by atoms with Gasteiger partial charge in [-0.05, 0) is 130 Å². The van der Waals surface area contributed by atoms with E-state index < -0.39 is 41.8 Å². The number of unbranched alkanes of at least 4 members (excludes halogenated alkanes) is 2. The van der Waals surface area contributed by atoms with Gasteiger partial charge in [0.05, 0.1) is 26.6 Å². The van der Waals surface area contributed by atoms with E-state index in [1.807, 2.05) is 76.2 Å². The maximum Gasteiger partial charge on any atom is 1.00 e. The van der Waals surface area contributed by atoms with Gasteiger partial charge in [0.15, 0.2) is 0 Å². The van der Waals surface area contributed by atoms with Gasteiger partial charge in [0.25, 0.3) is 11.8 Å². The number of rotatable bonds is 13. The van der Waals surface area contributed by atoms with E-state index in [2.05, 4.69) is 21.9 Å². The summed E-state index contributed by atoms with van der Waals surface area (Å²) in [6.07, 6.45) is 1.94. The zero-order chi connectivity index (χ0) is 48.2. The second kappa shape index (κ2) is 20.7. The molecule has 2 amide bonds. The molecule has 1 aliphatic rings. The first-order valence-electron chi connectivity index (χ1n) is 21.7. The molecule has 0 bridgehead atoms. The summed E-state index contributed by atoms with van der Waals surface area (Å²) in [5.41, 5.74) is 11.6. The van der Waals surface area contributed by atoms with Crippen LogP contribution in [-0.4, -0.2) is 44.3 Å². The molecule has 1 heterocycles. The fourth-order valence-electron chi connectivity index (χ4n) is 9.06. The van der Waals surface area contributed by atoms with Crippen molar-refractivity contribution in [2.24, 2.45) is 5.11 Å². The van der Waals surface area contributed by atoms with Crippen LogP contribution in [0.5, 0.6) is 23.0 Å². The third-order valence-corrected chi connectivity index (χ3v) is 13.8. The fourth-order valence-corrected chi connectivity index (χ4v) is 10.00. The first kappa shape index (κ1) is 52.3. The summed E-state index contributed by atoms with van der Waals surface area (Å²) in [6, 6.07) is 28.2. The van der Waals surface area contributed by atoms with E-state index in [1.165, 1.54) is 29.2 Å². The number of carbonyl (C=O) groups is 2. The van der Waals surface area contributed by atoms with Crippen LogP contribution in [0.4, 0.5) is 5.69 Å². The average molecular weight is 991 g/mol. The van der Waals surface area contributed by atoms with Gasteiger partial charge >= 0.3 is 59.1 Å². The van der Waals surface area contributed by atoms with Gasteiger partial charge < -0.3 is 18.6 Å². The van der Waals surface area contributed by atoms with Crippen molar-refractivity contribution in [1.82, 2.24) is 0 Å². The Morgan fingerprint density at radius 3 is 1.60 bits per heavy atom. The number of nitrogens with zero attached hydrogens (tertiary/aromatic N) is 4. The molecule has 0 unspecified atom stereocenters. The SMILES string of the molecule is CC(C)c1cccc(C(C)C)c1N1C(=O)c2cc(Oc3ccc(S(=O)(=O)[O-])cc3)c3c4cccc5c(C#CCCCCN=[N+]=[N-])ccc(c6c(Oc7ccc(S(=O)(=O)[O-])cc7)cc(c2c36)C1=O)c54.[Na+].[Na+]. The van der Waals surface area contributed by atoms with Gasteiger partial charge in [-0.15, -0.1) is 0 Å². The van der Waals surface area contributed by atoms with Gasteiger partial charge in [-0.3, -0.25) is 9.59 Å². The molecule has 8 aromatic rings. The van der Waals surface area contributed by atoms with E-state index in [-0.39, 0.29) is 105 Å². The van der Waals surface area contributed by atoms with E-state index in [9.17, 15) is 25.9 Å². The van der Waals surface area contributed by atoms with E-state index in [0.717, 1.165) is 52.6 Å². The van der Waals surface area contributed by atoms with Crippen molar-refractivity contribution in [3.63, 3.8) is 0 Å². The standard InChI is InChI=1S/C52H42N4O10S2.2Na/c1-29(2)36-12-9-13-37(30(3)4)50(36)56-51(57)41-27-43(65-32-17-21-34(22-18-32)67(59,60)61)47-39-15-10-14-38-31(11-7-5-6-8-26-54-55-53)16-25-40(45(38)39)48-44(28-42(52(56)58)46(41)49(47)48)66-33-19-23-35(24-20-33)68(62,63)64;;/h9-10,12-25,27-30H,5-6,8,26H2,1-4H3,(H,59,60,61)(H,62,63,64);;/q;2*+1/p-2. The van der Waals surface area contributed by atoms with Crippen molar-refractivity contribution in [3.8, 4) is 34.8 Å². The van der Waals surface area contributed by atoms with Gasteiger partial charge in [-0.1, -0.05) is 87.1 Å². The Morgan fingerprint density at radius 2 is 1.11 bits per heavy atom. The summed E-state index contributed by atoms with van der Waals surface area (Å²) in [7, 11) is -9.59. The van der Waals surface area contributed by atoms with Crippen molar-refractivity contribution in [2.45, 2.75) is 68.6 Å². The second-order valence-corrected chi connectivity index (χ2v) is 19.8. The first-order chi connectivity index (χ1) is 32.5. The first-order valence-corrected chi connectivity index (χ1v) is 24.5. The number of hydrogen-bond donors (Lipinski definition) is 0. The Hall–Kier alpha value is -5.51. The number of carbonyl (C=O) groups excluding carboxylic acids is 2. The molecule has 8 aromatic carbocycles. The van der Waals surface area contributed by atoms with Crippen LogP contribution < -0.4 is 73.5 Å². The molecule has 1 aliphatic heterocycles. The van der Waals surface area contributed by atoms with Crippen molar-refractivity contribution in [3.05, 3.63) is 147 Å². The number of benzene rings is 8. The van der Waals surface area contributed by atoms with E-state index in [1.54, 1.807) is 12.1 Å². The third-order valence-electron chi connectivity index (χ3n) is 12.1. The normalized spacial score (nSPS) is 12.5. The number of hydrogen-bond acceptors (Lipinski definition) is 11. The van der Waals surface area contributed by atoms with Gasteiger partial charge in [-0.25, -0.2) is 21.7 Å². The number of imide groups is 1. The van der Waals surface area contributed by atoms with Gasteiger partial charge in [0.1, 0.15) is 43.2 Å². The summed E-state index contributed by atoms with van der Waals surface area (Å²) in [6.45, 7) is 8.29. The molecule has 0 spiro atoms. The molecular formula is C52H40N4Na2O10S2. The molecule has 0 radical (unpaired) electrons. The molecule has 0 saturated carbocycles. The molecule has 9 rings (SSSR count). The van der Waals surface area contributed by atoms with Crippen molar-refractivity contribution in [2.75, 3.05) is 11.4 Å². The summed E-state index contributed by atoms with van der Waals surface area (Å²) in [4.78, 5) is 33.9. The van der Waals surface area contributed by atoms with E-state index in [0.29, 0.717) is 63.0 Å². The number of azide groups is 1. The zero-order valence-electron chi connectivity index (χ0n) is 39.1. The van der Waals surface area contributed by atoms with Crippen LogP contribution >= 0.6 is 0 Å². The zero-order valence-corrected chi connectivity index (χ0v) is 44.7. The van der Waals surface area contributed by atoms with E-state index >= 15 is 9.59 Å². The Labute approximate surface area is 448 Å². The number of ether oxygens (including phenoxy) is 2. The minimum atomic E-state index is -4.80. The van der Waals surface area contributed by atoms with Crippen LogP contribution in [0.1, 0.15) is 96.2 Å². The van der Waals surface area contributed by atoms with Crippen LogP contribution in [-0.2, 0) is 20.2 Å². The Kier molecular flexibility index (Phi) is 15.5. The Bertz CT molecular complexity index is 3580. The fraction of sp³-hybridized carbons (Fsp3) is 0.192. The molecule has 0 aliphatic carbocycles. The summed E-state index contributed by atoms with van der Waals surface area (Å²) < 4.78 is 84.9. The van der Waals surface area contributed by atoms with Crippen LogP contribution in [0.15, 0.2) is 124 Å². The topological polar surface area (TPSA) is 219 Å². The minimum absolute atomic E-state index is 0. The predicted octanol–water partition coefficient (Wildman–Crippen LogP) is 6.02. The molecule has 0 N–H and O–H groups in total. The maximum atomic E-state index is 15.4. The molecule has 0 atom stereocenters. The summed E-state index contributed by atoms with van der Waals surface area (Å²) in [5.74, 6) is 5.75. The smallest absolute Gasteiger partial charge is 0.744 e. The summed E-state index contributed by atoms with van der Waals surface area (Å²) in [5, 5.41) is 8.12. The molecule has 18 heteroatoms.